The van der Waals surface area contributed by atoms with E-state index in [-0.39, 0.29) is 0 Å². The molecule has 1 aliphatic heterocycles. The number of ether oxygens (including phenoxy) is 1. The Hall–Kier alpha value is -3.46. The van der Waals surface area contributed by atoms with E-state index >= 15 is 0 Å². The van der Waals surface area contributed by atoms with Gasteiger partial charge in [-0.15, -0.1) is 5.10 Å². The predicted octanol–water partition coefficient (Wildman–Crippen LogP) is 3.03. The fourth-order valence-corrected chi connectivity index (χ4v) is 5.35. The minimum atomic E-state index is 0.305. The molecule has 34 heavy (non-hydrogen) atoms. The molecule has 0 radical (unpaired) electrons. The number of nitrogens with one attached hydrogen (secondary N) is 1. The first-order valence-corrected chi connectivity index (χ1v) is 12.0. The van der Waals surface area contributed by atoms with E-state index in [1.54, 1.807) is 11.6 Å². The maximum Gasteiger partial charge on any atom is 0.223 e. The van der Waals surface area contributed by atoms with Gasteiger partial charge in [0.25, 0.3) is 0 Å². The monoisotopic (exact) mass is 458 g/mol. The minimum Gasteiger partial charge on any atom is -0.494 e. The average molecular weight is 459 g/mol. The molecule has 3 aromatic heterocycles. The van der Waals surface area contributed by atoms with Crippen molar-refractivity contribution >= 4 is 28.3 Å². The Bertz CT molecular complexity index is 1380. The van der Waals surface area contributed by atoms with Gasteiger partial charge in [-0.05, 0) is 55.9 Å². The van der Waals surface area contributed by atoms with Gasteiger partial charge in [0.2, 0.25) is 5.95 Å². The number of nitrogens with zero attached hydrogens (tertiary/aromatic N) is 6. The minimum absolute atomic E-state index is 0.305. The Labute approximate surface area is 198 Å². The van der Waals surface area contributed by atoms with Crippen LogP contribution in [0.1, 0.15) is 48.6 Å². The number of piperazine rings is 1. The summed E-state index contributed by atoms with van der Waals surface area (Å²) in [5, 5.41) is 9.10. The number of hydrogen-bond donors (Lipinski definition) is 2. The Morgan fingerprint density at radius 3 is 2.79 bits per heavy atom. The Morgan fingerprint density at radius 1 is 1.18 bits per heavy atom. The fraction of sp³-hybridized carbons (Fsp3) is 0.440. The van der Waals surface area contributed by atoms with Crippen molar-refractivity contribution in [1.29, 1.82) is 0 Å². The summed E-state index contributed by atoms with van der Waals surface area (Å²) >= 11 is 0. The van der Waals surface area contributed by atoms with E-state index in [0.717, 1.165) is 55.2 Å². The number of pyridine rings is 1. The summed E-state index contributed by atoms with van der Waals surface area (Å²) in [6.07, 6.45) is 4.09. The van der Waals surface area contributed by atoms with Crippen LogP contribution in [0.4, 0.5) is 11.8 Å². The van der Waals surface area contributed by atoms with E-state index in [1.807, 2.05) is 18.2 Å². The largest absolute Gasteiger partial charge is 0.494 e. The highest BCUT2D eigenvalue weighted by Gasteiger charge is 2.35. The van der Waals surface area contributed by atoms with Crippen LogP contribution in [0.25, 0.3) is 16.6 Å². The topological polar surface area (TPSA) is 106 Å². The molecular weight excluding hydrogens is 428 g/mol. The van der Waals surface area contributed by atoms with Crippen LogP contribution in [0.15, 0.2) is 30.5 Å². The predicted molar refractivity (Wildman–Crippen MR) is 133 cm³/mol. The summed E-state index contributed by atoms with van der Waals surface area (Å²) in [5.41, 5.74) is 10.2. The summed E-state index contributed by atoms with van der Waals surface area (Å²) in [6.45, 7) is 7.40. The number of fused-ring (bicyclic) bond motifs is 3. The molecule has 1 aliphatic carbocycles. The first-order valence-electron chi connectivity index (χ1n) is 12.0. The molecule has 0 bridgehead atoms. The molecule has 2 fully saturated rings. The quantitative estimate of drug-likeness (QED) is 0.481. The SMILES string of the molecule is COc1cccc2c1nc(N)n1nc(C3CC(c4cnc(N5CCNC(C)C5)c(C)c4)C3)nc21. The van der Waals surface area contributed by atoms with Gasteiger partial charge in [-0.3, -0.25) is 0 Å². The lowest BCUT2D eigenvalue weighted by atomic mass is 9.71. The summed E-state index contributed by atoms with van der Waals surface area (Å²) < 4.78 is 7.11. The van der Waals surface area contributed by atoms with Crippen molar-refractivity contribution in [3.63, 3.8) is 0 Å². The van der Waals surface area contributed by atoms with Gasteiger partial charge in [0.05, 0.1) is 7.11 Å². The molecule has 9 nitrogen and oxygen atoms in total. The Balaban J connectivity index is 1.22. The highest BCUT2D eigenvalue weighted by molar-refractivity contribution is 5.95. The third kappa shape index (κ3) is 3.42. The lowest BCUT2D eigenvalue weighted by molar-refractivity contribution is 0.337. The molecule has 1 saturated carbocycles. The van der Waals surface area contributed by atoms with Crippen LogP contribution in [0.2, 0.25) is 0 Å². The number of nitrogens with two attached hydrogens (primary N) is 1. The summed E-state index contributed by atoms with van der Waals surface area (Å²) in [5.74, 6) is 3.72. The molecule has 0 spiro atoms. The molecule has 2 aliphatic rings. The van der Waals surface area contributed by atoms with Crippen molar-refractivity contribution in [3.8, 4) is 5.75 Å². The summed E-state index contributed by atoms with van der Waals surface area (Å²) in [6, 6.07) is 8.60. The van der Waals surface area contributed by atoms with Gasteiger partial charge < -0.3 is 20.7 Å². The van der Waals surface area contributed by atoms with E-state index in [9.17, 15) is 0 Å². The van der Waals surface area contributed by atoms with Gasteiger partial charge in [-0.2, -0.15) is 4.52 Å². The van der Waals surface area contributed by atoms with E-state index in [0.29, 0.717) is 35.1 Å². The van der Waals surface area contributed by atoms with Gasteiger partial charge in [0.15, 0.2) is 11.5 Å². The Morgan fingerprint density at radius 2 is 2.03 bits per heavy atom. The fourth-order valence-electron chi connectivity index (χ4n) is 5.35. The van der Waals surface area contributed by atoms with Crippen LogP contribution in [-0.4, -0.2) is 57.4 Å². The van der Waals surface area contributed by atoms with Crippen molar-refractivity contribution in [2.75, 3.05) is 37.4 Å². The Kier molecular flexibility index (Phi) is 5.02. The third-order valence-corrected chi connectivity index (χ3v) is 7.24. The molecule has 1 atom stereocenters. The van der Waals surface area contributed by atoms with E-state index < -0.39 is 0 Å². The van der Waals surface area contributed by atoms with E-state index in [1.165, 1.54) is 11.1 Å². The normalized spacial score (nSPS) is 22.8. The van der Waals surface area contributed by atoms with E-state index in [4.69, 9.17) is 25.5 Å². The van der Waals surface area contributed by atoms with Gasteiger partial charge in [0, 0.05) is 43.2 Å². The third-order valence-electron chi connectivity index (χ3n) is 7.24. The van der Waals surface area contributed by atoms with Gasteiger partial charge in [0.1, 0.15) is 17.1 Å². The zero-order valence-electron chi connectivity index (χ0n) is 19.8. The average Bonchev–Trinajstić information content (AvgIpc) is 3.24. The van der Waals surface area contributed by atoms with Gasteiger partial charge >= 0.3 is 0 Å². The number of benzene rings is 1. The second-order valence-corrected chi connectivity index (χ2v) is 9.61. The number of methoxy groups -OCH3 is 1. The molecule has 0 amide bonds. The van der Waals surface area contributed by atoms with Crippen molar-refractivity contribution in [3.05, 3.63) is 47.4 Å². The number of rotatable bonds is 4. The molecule has 1 aromatic carbocycles. The van der Waals surface area contributed by atoms with Gasteiger partial charge in [-0.25, -0.2) is 15.0 Å². The van der Waals surface area contributed by atoms with Crippen LogP contribution in [0, 0.1) is 6.92 Å². The number of aryl methyl sites for hydroxylation is 1. The zero-order valence-corrected chi connectivity index (χ0v) is 19.8. The smallest absolute Gasteiger partial charge is 0.223 e. The molecular formula is C25H30N8O. The molecule has 9 heteroatoms. The molecule has 1 saturated heterocycles. The maximum atomic E-state index is 6.22. The second-order valence-electron chi connectivity index (χ2n) is 9.61. The molecule has 4 heterocycles. The van der Waals surface area contributed by atoms with Crippen molar-refractivity contribution in [2.45, 2.75) is 44.6 Å². The van der Waals surface area contributed by atoms with Crippen LogP contribution < -0.4 is 20.7 Å². The standard InChI is InChI=1S/C25H30N8O/c1-14-9-18(12-28-23(14)32-8-7-27-15(2)13-32)16-10-17(11-16)22-30-24-19-5-4-6-20(34-3)21(19)29-25(26)33(24)31-22/h4-6,9,12,15-17,27H,7-8,10-11,13H2,1-3H3,(H2,26,29). The second kappa shape index (κ2) is 8.09. The van der Waals surface area contributed by atoms with Crippen LogP contribution in [0.3, 0.4) is 0 Å². The first kappa shape index (κ1) is 21.1. The molecule has 176 valence electrons. The number of nitrogen functional groups attached to an aromatic ring is 1. The van der Waals surface area contributed by atoms with Crippen molar-refractivity contribution in [2.24, 2.45) is 0 Å². The number of hydrogen-bond acceptors (Lipinski definition) is 8. The lowest BCUT2D eigenvalue weighted by Crippen LogP contribution is -2.49. The van der Waals surface area contributed by atoms with Crippen molar-refractivity contribution in [1.82, 2.24) is 29.9 Å². The maximum absolute atomic E-state index is 6.22. The molecule has 3 N–H and O–H groups in total. The summed E-state index contributed by atoms with van der Waals surface area (Å²) in [7, 11) is 1.63. The highest BCUT2D eigenvalue weighted by Crippen LogP contribution is 2.47. The van der Waals surface area contributed by atoms with E-state index in [2.05, 4.69) is 41.3 Å². The summed E-state index contributed by atoms with van der Waals surface area (Å²) in [4.78, 5) is 16.6. The number of aromatic nitrogens is 5. The highest BCUT2D eigenvalue weighted by atomic mass is 16.5. The zero-order chi connectivity index (χ0) is 23.4. The van der Waals surface area contributed by atoms with Crippen LogP contribution in [0.5, 0.6) is 5.75 Å². The van der Waals surface area contributed by atoms with Crippen LogP contribution >= 0.6 is 0 Å². The molecule has 6 rings (SSSR count). The number of anilines is 2. The molecule has 1 unspecified atom stereocenters. The first-order chi connectivity index (χ1) is 16.5. The lowest BCUT2D eigenvalue weighted by Gasteiger charge is -2.36. The van der Waals surface area contributed by atoms with Crippen LogP contribution in [-0.2, 0) is 0 Å². The number of para-hydroxylation sites is 1. The molecule has 4 aromatic rings. The van der Waals surface area contributed by atoms with Crippen molar-refractivity contribution < 1.29 is 4.74 Å². The van der Waals surface area contributed by atoms with Gasteiger partial charge in [-0.1, -0.05) is 12.1 Å².